The Morgan fingerprint density at radius 1 is 1.62 bits per heavy atom. The highest BCUT2D eigenvalue weighted by molar-refractivity contribution is 5.68. The maximum Gasteiger partial charge on any atom is 0.322 e. The van der Waals surface area contributed by atoms with Gasteiger partial charge in [-0.15, -0.1) is 0 Å². The fourth-order valence-corrected chi connectivity index (χ4v) is 1.26. The Morgan fingerprint density at radius 3 is 2.81 bits per heavy atom. The molecule has 0 amide bonds. The second kappa shape index (κ2) is 5.15. The topological polar surface area (TPSA) is 106 Å². The minimum atomic E-state index is -1.29. The molecule has 0 bridgehead atoms. The van der Waals surface area contributed by atoms with Gasteiger partial charge in [0.1, 0.15) is 13.0 Å². The number of aromatic amines is 1. The van der Waals surface area contributed by atoms with Crippen molar-refractivity contribution in [3.8, 4) is 5.88 Å². The lowest BCUT2D eigenvalue weighted by Crippen LogP contribution is -2.45. The number of rotatable bonds is 6. The third-order valence-corrected chi connectivity index (χ3v) is 1.81. The van der Waals surface area contributed by atoms with Gasteiger partial charge in [0.25, 0.3) is 5.82 Å². The highest BCUT2D eigenvalue weighted by Crippen LogP contribution is 2.05. The molecule has 88 valence electrons. The lowest BCUT2D eigenvalue weighted by atomic mass is 10.4. The molecule has 2 N–H and O–H groups in total. The van der Waals surface area contributed by atoms with E-state index in [2.05, 4.69) is 4.98 Å². The molecule has 16 heavy (non-hydrogen) atoms. The van der Waals surface area contributed by atoms with E-state index in [1.165, 1.54) is 10.8 Å². The van der Waals surface area contributed by atoms with E-state index in [0.717, 1.165) is 0 Å². The number of hydrogen-bond acceptors (Lipinski definition) is 4. The Labute approximate surface area is 91.3 Å². The lowest BCUT2D eigenvalue weighted by Gasteiger charge is -1.99. The molecule has 1 rings (SSSR count). The van der Waals surface area contributed by atoms with Crippen molar-refractivity contribution in [3.63, 3.8) is 0 Å². The van der Waals surface area contributed by atoms with Crippen LogP contribution in [0.4, 0.5) is 0 Å². The van der Waals surface area contributed by atoms with Crippen LogP contribution in [0.5, 0.6) is 5.88 Å². The van der Waals surface area contributed by atoms with Gasteiger partial charge in [-0.1, -0.05) is 0 Å². The summed E-state index contributed by atoms with van der Waals surface area (Å²) in [4.78, 5) is 23.7. The van der Waals surface area contributed by atoms with Gasteiger partial charge in [0, 0.05) is 0 Å². The summed E-state index contributed by atoms with van der Waals surface area (Å²) in [5, 5.41) is 19.1. The molecule has 0 atom stereocenters. The number of carbonyl (C=O) groups is 2. The van der Waals surface area contributed by atoms with Gasteiger partial charge in [-0.3, -0.25) is 4.79 Å². The number of nitrogens with one attached hydrogen (secondary N) is 1. The first-order valence-corrected chi connectivity index (χ1v) is 4.68. The summed E-state index contributed by atoms with van der Waals surface area (Å²) in [6.07, 6.45) is 1.10. The van der Waals surface area contributed by atoms with Gasteiger partial charge in [-0.2, -0.15) is 0 Å². The minimum absolute atomic E-state index is 0.250. The number of nitrogens with zero attached hydrogens (tertiary/aromatic N) is 1. The number of hydrogen-bond donors (Lipinski definition) is 2. The van der Waals surface area contributed by atoms with E-state index in [9.17, 15) is 14.7 Å². The second-order valence-electron chi connectivity index (χ2n) is 3.07. The van der Waals surface area contributed by atoms with Crippen LogP contribution in [-0.4, -0.2) is 28.6 Å². The fourth-order valence-electron chi connectivity index (χ4n) is 1.26. The minimum Gasteiger partial charge on any atom is -0.546 e. The monoisotopic (exact) mass is 228 g/mol. The van der Waals surface area contributed by atoms with Crippen molar-refractivity contribution in [1.29, 1.82) is 0 Å². The van der Waals surface area contributed by atoms with Crippen LogP contribution in [0.3, 0.4) is 0 Å². The summed E-state index contributed by atoms with van der Waals surface area (Å²) in [7, 11) is 0. The number of carboxylic acid groups (broad SMARTS) is 2. The number of aliphatic carboxylic acids is 2. The van der Waals surface area contributed by atoms with E-state index < -0.39 is 18.5 Å². The first-order valence-electron chi connectivity index (χ1n) is 4.68. The quantitative estimate of drug-likeness (QED) is 0.552. The smallest absolute Gasteiger partial charge is 0.322 e. The molecule has 0 aliphatic carbocycles. The van der Waals surface area contributed by atoms with Gasteiger partial charge in [0.05, 0.1) is 12.6 Å². The van der Waals surface area contributed by atoms with Crippen molar-refractivity contribution in [1.82, 2.24) is 4.98 Å². The first kappa shape index (κ1) is 12.0. The molecule has 1 aromatic heterocycles. The zero-order chi connectivity index (χ0) is 12.1. The van der Waals surface area contributed by atoms with Gasteiger partial charge >= 0.3 is 11.8 Å². The number of aromatic nitrogens is 2. The standard InChI is InChI=1S/C9H12N2O5/c1-2-16-7-4-11(5-9(14)15)6(10-7)3-8(12)13/h4H,2-3,5H2,1H3,(H2,12,13,14,15). The van der Waals surface area contributed by atoms with E-state index in [1.54, 1.807) is 6.92 Å². The number of carbonyl (C=O) groups excluding carboxylic acids is 1. The summed E-state index contributed by atoms with van der Waals surface area (Å²) >= 11 is 0. The lowest BCUT2D eigenvalue weighted by molar-refractivity contribution is -0.696. The number of H-pyrrole nitrogens is 1. The predicted octanol–water partition coefficient (Wildman–Crippen LogP) is -1.92. The highest BCUT2D eigenvalue weighted by Gasteiger charge is 2.19. The largest absolute Gasteiger partial charge is 0.546 e. The Morgan fingerprint density at radius 2 is 2.31 bits per heavy atom. The molecule has 0 unspecified atom stereocenters. The van der Waals surface area contributed by atoms with Crippen molar-refractivity contribution in [3.05, 3.63) is 12.0 Å². The first-order chi connectivity index (χ1) is 7.52. The molecular weight excluding hydrogens is 216 g/mol. The zero-order valence-electron chi connectivity index (χ0n) is 8.73. The van der Waals surface area contributed by atoms with Crippen molar-refractivity contribution in [2.75, 3.05) is 6.61 Å². The van der Waals surface area contributed by atoms with Gasteiger partial charge < -0.3 is 19.7 Å². The summed E-state index contributed by atoms with van der Waals surface area (Å²) in [6.45, 7) is 1.76. The Balaban J connectivity index is 2.92. The van der Waals surface area contributed by atoms with Crippen molar-refractivity contribution < 1.29 is 29.1 Å². The molecule has 1 aromatic rings. The van der Waals surface area contributed by atoms with Crippen LogP contribution in [0.2, 0.25) is 0 Å². The van der Waals surface area contributed by atoms with Crippen LogP contribution in [0, 0.1) is 0 Å². The van der Waals surface area contributed by atoms with Crippen molar-refractivity contribution in [2.24, 2.45) is 0 Å². The Hall–Kier alpha value is -2.05. The molecule has 0 saturated heterocycles. The maximum absolute atomic E-state index is 10.5. The van der Waals surface area contributed by atoms with Crippen LogP contribution in [0.1, 0.15) is 12.7 Å². The molecule has 0 aliphatic rings. The molecule has 7 heteroatoms. The van der Waals surface area contributed by atoms with E-state index in [1.807, 2.05) is 0 Å². The third kappa shape index (κ3) is 3.26. The molecule has 0 spiro atoms. The average Bonchev–Trinajstić information content (AvgIpc) is 2.46. The fraction of sp³-hybridized carbons (Fsp3) is 0.444. The number of imidazole rings is 1. The second-order valence-corrected chi connectivity index (χ2v) is 3.07. The van der Waals surface area contributed by atoms with Crippen LogP contribution in [0.25, 0.3) is 0 Å². The molecule has 7 nitrogen and oxygen atoms in total. The van der Waals surface area contributed by atoms with Crippen molar-refractivity contribution >= 4 is 11.9 Å². The van der Waals surface area contributed by atoms with Gasteiger partial charge in [-0.05, 0) is 6.92 Å². The van der Waals surface area contributed by atoms with Gasteiger partial charge in [0.2, 0.25) is 0 Å². The molecule has 0 fully saturated rings. The summed E-state index contributed by atoms with van der Waals surface area (Å²) in [5.41, 5.74) is 0. The van der Waals surface area contributed by atoms with E-state index in [0.29, 0.717) is 12.5 Å². The molecule has 0 aromatic carbocycles. The van der Waals surface area contributed by atoms with Crippen LogP contribution in [-0.2, 0) is 22.6 Å². The summed E-state index contributed by atoms with van der Waals surface area (Å²) in [5.74, 6) is -1.77. The third-order valence-electron chi connectivity index (χ3n) is 1.81. The molecule has 1 heterocycles. The van der Waals surface area contributed by atoms with Gasteiger partial charge in [-0.25, -0.2) is 9.55 Å². The SMILES string of the molecule is CCOc1c[n+](CC(=O)[O-])c(CC(=O)O)[nH]1. The van der Waals surface area contributed by atoms with E-state index >= 15 is 0 Å². The highest BCUT2D eigenvalue weighted by atomic mass is 16.5. The van der Waals surface area contributed by atoms with E-state index in [4.69, 9.17) is 9.84 Å². The Bertz CT molecular complexity index is 365. The predicted molar refractivity (Wildman–Crippen MR) is 48.5 cm³/mol. The van der Waals surface area contributed by atoms with Crippen LogP contribution < -0.4 is 14.4 Å². The summed E-state index contributed by atoms with van der Waals surface area (Å²) in [6, 6.07) is 0. The maximum atomic E-state index is 10.5. The molecule has 0 saturated carbocycles. The molecule has 0 radical (unpaired) electrons. The normalized spacial score (nSPS) is 10.1. The Kier molecular flexibility index (Phi) is 3.87. The number of ether oxygens (including phenoxy) is 1. The van der Waals surface area contributed by atoms with Crippen molar-refractivity contribution in [2.45, 2.75) is 19.9 Å². The molecular formula is C9H12N2O5. The summed E-state index contributed by atoms with van der Waals surface area (Å²) < 4.78 is 6.35. The van der Waals surface area contributed by atoms with Crippen LogP contribution in [0.15, 0.2) is 6.20 Å². The molecule has 0 aliphatic heterocycles. The number of carboxylic acids is 2. The zero-order valence-corrected chi connectivity index (χ0v) is 8.73. The van der Waals surface area contributed by atoms with Gasteiger partial charge in [0.15, 0.2) is 6.20 Å². The van der Waals surface area contributed by atoms with E-state index in [-0.39, 0.29) is 12.2 Å². The average molecular weight is 228 g/mol. The van der Waals surface area contributed by atoms with Crippen LogP contribution >= 0.6 is 0 Å².